The highest BCUT2D eigenvalue weighted by molar-refractivity contribution is 5.34. The molecule has 13 heavy (non-hydrogen) atoms. The average Bonchev–Trinajstić information content (AvgIpc) is 2.29. The maximum Gasteiger partial charge on any atom is 0.0917 e. The number of aliphatic hydroxyl groups is 1. The van der Waals surface area contributed by atoms with Gasteiger partial charge in [-0.1, -0.05) is 23.8 Å². The Morgan fingerprint density at radius 1 is 1.46 bits per heavy atom. The summed E-state index contributed by atoms with van der Waals surface area (Å²) in [6.45, 7) is 3.70. The van der Waals surface area contributed by atoms with Gasteiger partial charge in [0.05, 0.1) is 6.10 Å². The highest BCUT2D eigenvalue weighted by Gasteiger charge is 2.15. The summed E-state index contributed by atoms with van der Waals surface area (Å²) in [6.07, 6.45) is 0.685. The zero-order chi connectivity index (χ0) is 9.26. The molecule has 0 bridgehead atoms. The first-order valence-electron chi connectivity index (χ1n) is 4.75. The molecule has 0 fully saturated rings. The summed E-state index contributed by atoms with van der Waals surface area (Å²) in [5.74, 6) is 0. The standard InChI is InChI=1S/C11H15NO/c1-8-2-3-9-4-5-12-7-11(13)10(9)6-8/h2-3,6,11-13H,4-5,7H2,1H3. The van der Waals surface area contributed by atoms with Gasteiger partial charge in [-0.3, -0.25) is 0 Å². The van der Waals surface area contributed by atoms with Crippen molar-refractivity contribution in [1.82, 2.24) is 5.32 Å². The van der Waals surface area contributed by atoms with E-state index in [-0.39, 0.29) is 6.10 Å². The number of rotatable bonds is 0. The molecule has 1 aliphatic heterocycles. The molecule has 70 valence electrons. The molecule has 1 aromatic rings. The van der Waals surface area contributed by atoms with E-state index in [0.717, 1.165) is 18.5 Å². The number of aliphatic hydroxyl groups excluding tert-OH is 1. The van der Waals surface area contributed by atoms with Gasteiger partial charge in [-0.05, 0) is 31.0 Å². The molecule has 0 amide bonds. The van der Waals surface area contributed by atoms with E-state index in [1.54, 1.807) is 0 Å². The van der Waals surface area contributed by atoms with Gasteiger partial charge in [0, 0.05) is 6.54 Å². The average molecular weight is 177 g/mol. The van der Waals surface area contributed by atoms with Crippen LogP contribution in [0.4, 0.5) is 0 Å². The molecule has 1 aromatic carbocycles. The lowest BCUT2D eigenvalue weighted by Gasteiger charge is -2.11. The van der Waals surface area contributed by atoms with Crippen LogP contribution < -0.4 is 5.32 Å². The smallest absolute Gasteiger partial charge is 0.0917 e. The number of aryl methyl sites for hydroxylation is 1. The Bertz CT molecular complexity index is 309. The molecule has 1 aliphatic rings. The molecule has 2 N–H and O–H groups in total. The maximum absolute atomic E-state index is 9.80. The molecule has 0 saturated heterocycles. The topological polar surface area (TPSA) is 32.3 Å². The van der Waals surface area contributed by atoms with Crippen molar-refractivity contribution in [2.24, 2.45) is 0 Å². The van der Waals surface area contributed by atoms with Crippen LogP contribution in [0.2, 0.25) is 0 Å². The number of hydrogen-bond donors (Lipinski definition) is 2. The summed E-state index contributed by atoms with van der Waals surface area (Å²) >= 11 is 0. The molecular formula is C11H15NO. The molecule has 1 atom stereocenters. The fraction of sp³-hybridized carbons (Fsp3) is 0.455. The molecular weight excluding hydrogens is 162 g/mol. The summed E-state index contributed by atoms with van der Waals surface area (Å²) in [6, 6.07) is 6.32. The van der Waals surface area contributed by atoms with Crippen molar-refractivity contribution in [1.29, 1.82) is 0 Å². The van der Waals surface area contributed by atoms with E-state index < -0.39 is 0 Å². The highest BCUT2D eigenvalue weighted by atomic mass is 16.3. The van der Waals surface area contributed by atoms with E-state index in [1.807, 2.05) is 0 Å². The Morgan fingerprint density at radius 3 is 3.15 bits per heavy atom. The molecule has 0 aromatic heterocycles. The number of nitrogens with one attached hydrogen (secondary N) is 1. The molecule has 1 unspecified atom stereocenters. The largest absolute Gasteiger partial charge is 0.387 e. The lowest BCUT2D eigenvalue weighted by atomic mass is 9.99. The highest BCUT2D eigenvalue weighted by Crippen LogP contribution is 2.21. The number of fused-ring (bicyclic) bond motifs is 1. The van der Waals surface area contributed by atoms with E-state index in [1.165, 1.54) is 11.1 Å². The summed E-state index contributed by atoms with van der Waals surface area (Å²) in [5, 5.41) is 13.0. The maximum atomic E-state index is 9.80. The molecule has 0 spiro atoms. The van der Waals surface area contributed by atoms with Crippen LogP contribution in [0.1, 0.15) is 22.8 Å². The van der Waals surface area contributed by atoms with Gasteiger partial charge in [0.15, 0.2) is 0 Å². The molecule has 1 heterocycles. The first kappa shape index (κ1) is 8.73. The predicted molar refractivity (Wildman–Crippen MR) is 52.7 cm³/mol. The van der Waals surface area contributed by atoms with Crippen molar-refractivity contribution in [2.75, 3.05) is 13.1 Å². The second-order valence-electron chi connectivity index (χ2n) is 3.67. The van der Waals surface area contributed by atoms with Crippen molar-refractivity contribution >= 4 is 0 Å². The van der Waals surface area contributed by atoms with Crippen LogP contribution in [0.25, 0.3) is 0 Å². The zero-order valence-electron chi connectivity index (χ0n) is 7.88. The monoisotopic (exact) mass is 177 g/mol. The molecule has 0 aliphatic carbocycles. The second-order valence-corrected chi connectivity index (χ2v) is 3.67. The summed E-state index contributed by atoms with van der Waals surface area (Å²) in [5.41, 5.74) is 3.60. The second kappa shape index (κ2) is 3.48. The molecule has 2 nitrogen and oxygen atoms in total. The first-order valence-corrected chi connectivity index (χ1v) is 4.75. The van der Waals surface area contributed by atoms with Crippen LogP contribution in [-0.2, 0) is 6.42 Å². The van der Waals surface area contributed by atoms with Gasteiger partial charge >= 0.3 is 0 Å². The fourth-order valence-corrected chi connectivity index (χ4v) is 1.82. The lowest BCUT2D eigenvalue weighted by Crippen LogP contribution is -2.19. The third-order valence-corrected chi connectivity index (χ3v) is 2.57. The third-order valence-electron chi connectivity index (χ3n) is 2.57. The van der Waals surface area contributed by atoms with E-state index in [9.17, 15) is 5.11 Å². The van der Waals surface area contributed by atoms with Crippen LogP contribution >= 0.6 is 0 Å². The Morgan fingerprint density at radius 2 is 2.31 bits per heavy atom. The molecule has 2 heteroatoms. The van der Waals surface area contributed by atoms with Crippen LogP contribution in [0.5, 0.6) is 0 Å². The van der Waals surface area contributed by atoms with Crippen molar-refractivity contribution in [3.05, 3.63) is 34.9 Å². The Labute approximate surface area is 78.6 Å². The van der Waals surface area contributed by atoms with Crippen LogP contribution in [0.15, 0.2) is 18.2 Å². The van der Waals surface area contributed by atoms with Crippen molar-refractivity contribution < 1.29 is 5.11 Å². The Hall–Kier alpha value is -0.860. The minimum atomic E-state index is -0.336. The van der Waals surface area contributed by atoms with E-state index in [0.29, 0.717) is 6.54 Å². The summed E-state index contributed by atoms with van der Waals surface area (Å²) < 4.78 is 0. The lowest BCUT2D eigenvalue weighted by molar-refractivity contribution is 0.178. The van der Waals surface area contributed by atoms with Crippen LogP contribution in [0, 0.1) is 6.92 Å². The quantitative estimate of drug-likeness (QED) is 0.623. The molecule has 0 radical (unpaired) electrons. The Kier molecular flexibility index (Phi) is 2.34. The van der Waals surface area contributed by atoms with E-state index in [4.69, 9.17) is 0 Å². The predicted octanol–water partition coefficient (Wildman–Crippen LogP) is 1.17. The number of β-amino-alcohol motifs (C(OH)–C–C–N with tert-alkyl or cyclic N) is 1. The summed E-state index contributed by atoms with van der Waals surface area (Å²) in [7, 11) is 0. The minimum absolute atomic E-state index is 0.336. The Balaban J connectivity index is 2.43. The van der Waals surface area contributed by atoms with Crippen LogP contribution in [0.3, 0.4) is 0 Å². The van der Waals surface area contributed by atoms with Gasteiger partial charge < -0.3 is 10.4 Å². The van der Waals surface area contributed by atoms with Gasteiger partial charge in [0.1, 0.15) is 0 Å². The van der Waals surface area contributed by atoms with Crippen molar-refractivity contribution in [3.63, 3.8) is 0 Å². The summed E-state index contributed by atoms with van der Waals surface area (Å²) in [4.78, 5) is 0. The van der Waals surface area contributed by atoms with Gasteiger partial charge in [-0.25, -0.2) is 0 Å². The first-order chi connectivity index (χ1) is 6.27. The van der Waals surface area contributed by atoms with Crippen LogP contribution in [-0.4, -0.2) is 18.2 Å². The normalized spacial score (nSPS) is 22.2. The number of benzene rings is 1. The van der Waals surface area contributed by atoms with E-state index >= 15 is 0 Å². The van der Waals surface area contributed by atoms with E-state index in [2.05, 4.69) is 30.4 Å². The SMILES string of the molecule is Cc1ccc2c(c1)C(O)CNCC2. The minimum Gasteiger partial charge on any atom is -0.387 e. The number of hydrogen-bond acceptors (Lipinski definition) is 2. The molecule has 2 rings (SSSR count). The van der Waals surface area contributed by atoms with Gasteiger partial charge in [-0.2, -0.15) is 0 Å². The third kappa shape index (κ3) is 1.74. The van der Waals surface area contributed by atoms with Gasteiger partial charge in [0.2, 0.25) is 0 Å². The van der Waals surface area contributed by atoms with Gasteiger partial charge in [-0.15, -0.1) is 0 Å². The van der Waals surface area contributed by atoms with Crippen molar-refractivity contribution in [3.8, 4) is 0 Å². The van der Waals surface area contributed by atoms with Crippen molar-refractivity contribution in [2.45, 2.75) is 19.4 Å². The van der Waals surface area contributed by atoms with Gasteiger partial charge in [0.25, 0.3) is 0 Å². The zero-order valence-corrected chi connectivity index (χ0v) is 7.88. The molecule has 0 saturated carbocycles. The fourth-order valence-electron chi connectivity index (χ4n) is 1.82.